The standard InChI is InChI=1S/C12H18N2O3/c1-8-11(9(2)17-13-8)5-12(16)14-4-3-10(6-14)7-15/h10,15H,3-7H2,1-2H3. The molecule has 5 nitrogen and oxygen atoms in total. The predicted octanol–water partition coefficient (Wildman–Crippen LogP) is 0.675. The van der Waals surface area contributed by atoms with Crippen LogP contribution < -0.4 is 0 Å². The number of aliphatic hydroxyl groups is 1. The van der Waals surface area contributed by atoms with Crippen LogP contribution >= 0.6 is 0 Å². The molecule has 1 aliphatic rings. The molecule has 0 radical (unpaired) electrons. The first-order valence-electron chi connectivity index (χ1n) is 5.92. The summed E-state index contributed by atoms with van der Waals surface area (Å²) < 4.78 is 5.04. The number of nitrogens with zero attached hydrogens (tertiary/aromatic N) is 2. The van der Waals surface area contributed by atoms with Gasteiger partial charge in [0, 0.05) is 31.2 Å². The quantitative estimate of drug-likeness (QED) is 0.840. The van der Waals surface area contributed by atoms with Crippen molar-refractivity contribution in [2.45, 2.75) is 26.7 Å². The molecule has 1 aliphatic heterocycles. The van der Waals surface area contributed by atoms with Crippen LogP contribution in [-0.4, -0.2) is 40.8 Å². The summed E-state index contributed by atoms with van der Waals surface area (Å²) in [5.74, 6) is 1.05. The summed E-state index contributed by atoms with van der Waals surface area (Å²) >= 11 is 0. The lowest BCUT2D eigenvalue weighted by molar-refractivity contribution is -0.129. The summed E-state index contributed by atoms with van der Waals surface area (Å²) in [7, 11) is 0. The highest BCUT2D eigenvalue weighted by Crippen LogP contribution is 2.19. The van der Waals surface area contributed by atoms with E-state index >= 15 is 0 Å². The van der Waals surface area contributed by atoms with E-state index in [1.165, 1.54) is 0 Å². The van der Waals surface area contributed by atoms with Gasteiger partial charge in [0.2, 0.25) is 5.91 Å². The van der Waals surface area contributed by atoms with Crippen LogP contribution in [-0.2, 0) is 11.2 Å². The van der Waals surface area contributed by atoms with Crippen LogP contribution in [0.5, 0.6) is 0 Å². The van der Waals surface area contributed by atoms with Crippen LogP contribution in [0.15, 0.2) is 4.52 Å². The van der Waals surface area contributed by atoms with E-state index in [9.17, 15) is 4.79 Å². The highest BCUT2D eigenvalue weighted by Gasteiger charge is 2.26. The first-order chi connectivity index (χ1) is 8.11. The highest BCUT2D eigenvalue weighted by atomic mass is 16.5. The summed E-state index contributed by atoms with van der Waals surface area (Å²) in [6, 6.07) is 0. The van der Waals surface area contributed by atoms with E-state index in [4.69, 9.17) is 9.63 Å². The number of aliphatic hydroxyl groups excluding tert-OH is 1. The van der Waals surface area contributed by atoms with Crippen molar-refractivity contribution in [1.82, 2.24) is 10.1 Å². The van der Waals surface area contributed by atoms with Crippen LogP contribution in [0.1, 0.15) is 23.4 Å². The van der Waals surface area contributed by atoms with E-state index in [1.807, 2.05) is 18.7 Å². The maximum Gasteiger partial charge on any atom is 0.227 e. The first kappa shape index (κ1) is 12.1. The third kappa shape index (κ3) is 2.49. The Labute approximate surface area is 100 Å². The van der Waals surface area contributed by atoms with E-state index in [2.05, 4.69) is 5.16 Å². The van der Waals surface area contributed by atoms with Crippen LogP contribution in [0.25, 0.3) is 0 Å². The summed E-state index contributed by atoms with van der Waals surface area (Å²) in [4.78, 5) is 13.9. The monoisotopic (exact) mass is 238 g/mol. The molecule has 0 aromatic carbocycles. The van der Waals surface area contributed by atoms with Gasteiger partial charge in [0.05, 0.1) is 12.1 Å². The molecule has 0 spiro atoms. The fourth-order valence-corrected chi connectivity index (χ4v) is 2.23. The average molecular weight is 238 g/mol. The third-order valence-corrected chi connectivity index (χ3v) is 3.41. The van der Waals surface area contributed by atoms with Gasteiger partial charge in [-0.3, -0.25) is 4.79 Å². The Morgan fingerprint density at radius 3 is 2.88 bits per heavy atom. The normalized spacial score (nSPS) is 19.9. The van der Waals surface area contributed by atoms with E-state index < -0.39 is 0 Å². The number of rotatable bonds is 3. The molecule has 1 amide bonds. The fraction of sp³-hybridized carbons (Fsp3) is 0.667. The molecule has 1 unspecified atom stereocenters. The molecule has 94 valence electrons. The smallest absolute Gasteiger partial charge is 0.227 e. The topological polar surface area (TPSA) is 66.6 Å². The number of carbonyl (C=O) groups is 1. The molecular formula is C12H18N2O3. The Morgan fingerprint density at radius 2 is 2.35 bits per heavy atom. The van der Waals surface area contributed by atoms with Crippen molar-refractivity contribution in [2.24, 2.45) is 5.92 Å². The second-order valence-corrected chi connectivity index (χ2v) is 4.66. The average Bonchev–Trinajstić information content (AvgIpc) is 2.90. The Hall–Kier alpha value is -1.36. The Morgan fingerprint density at radius 1 is 1.59 bits per heavy atom. The molecule has 17 heavy (non-hydrogen) atoms. The number of hydrogen-bond acceptors (Lipinski definition) is 4. The SMILES string of the molecule is Cc1noc(C)c1CC(=O)N1CCC(CO)C1. The second-order valence-electron chi connectivity index (χ2n) is 4.66. The Bertz CT molecular complexity index is 394. The van der Waals surface area contributed by atoms with E-state index in [1.54, 1.807) is 0 Å². The number of likely N-dealkylation sites (tertiary alicyclic amines) is 1. The minimum absolute atomic E-state index is 0.0929. The van der Waals surface area contributed by atoms with Gasteiger partial charge in [0.25, 0.3) is 0 Å². The summed E-state index contributed by atoms with van der Waals surface area (Å²) in [6.07, 6.45) is 1.24. The van der Waals surface area contributed by atoms with Crippen LogP contribution in [0.4, 0.5) is 0 Å². The summed E-state index contributed by atoms with van der Waals surface area (Å²) in [5.41, 5.74) is 1.68. The van der Waals surface area contributed by atoms with Crippen LogP contribution in [0.2, 0.25) is 0 Å². The lowest BCUT2D eigenvalue weighted by Crippen LogP contribution is -2.30. The number of carbonyl (C=O) groups excluding carboxylic acids is 1. The zero-order valence-electron chi connectivity index (χ0n) is 10.3. The molecule has 0 bridgehead atoms. The Balaban J connectivity index is 1.98. The molecule has 1 aromatic heterocycles. The predicted molar refractivity (Wildman–Crippen MR) is 61.5 cm³/mol. The van der Waals surface area contributed by atoms with E-state index in [0.29, 0.717) is 18.7 Å². The number of amides is 1. The van der Waals surface area contributed by atoms with Crippen molar-refractivity contribution in [1.29, 1.82) is 0 Å². The summed E-state index contributed by atoms with van der Waals surface area (Å²) in [5, 5.41) is 12.9. The number of hydrogen-bond donors (Lipinski definition) is 1. The maximum absolute atomic E-state index is 12.1. The molecule has 1 fully saturated rings. The van der Waals surface area contributed by atoms with E-state index in [-0.39, 0.29) is 18.4 Å². The van der Waals surface area contributed by atoms with Crippen molar-refractivity contribution >= 4 is 5.91 Å². The minimum atomic E-state index is 0.0929. The minimum Gasteiger partial charge on any atom is -0.396 e. The Kier molecular flexibility index (Phi) is 3.47. The molecule has 2 heterocycles. The van der Waals surface area contributed by atoms with Crippen LogP contribution in [0.3, 0.4) is 0 Å². The molecule has 1 N–H and O–H groups in total. The molecular weight excluding hydrogens is 220 g/mol. The summed E-state index contributed by atoms with van der Waals surface area (Å²) in [6.45, 7) is 5.24. The largest absolute Gasteiger partial charge is 0.396 e. The molecule has 1 saturated heterocycles. The van der Waals surface area contributed by atoms with Gasteiger partial charge in [0.1, 0.15) is 5.76 Å². The van der Waals surface area contributed by atoms with Gasteiger partial charge in [-0.15, -0.1) is 0 Å². The van der Waals surface area contributed by atoms with Gasteiger partial charge in [-0.1, -0.05) is 5.16 Å². The van der Waals surface area contributed by atoms with Gasteiger partial charge in [0.15, 0.2) is 0 Å². The van der Waals surface area contributed by atoms with Crippen molar-refractivity contribution in [3.8, 4) is 0 Å². The number of aryl methyl sites for hydroxylation is 2. The van der Waals surface area contributed by atoms with Gasteiger partial charge in [-0.25, -0.2) is 0 Å². The number of aromatic nitrogens is 1. The lowest BCUT2D eigenvalue weighted by atomic mass is 10.1. The molecule has 0 saturated carbocycles. The first-order valence-corrected chi connectivity index (χ1v) is 5.92. The van der Waals surface area contributed by atoms with Gasteiger partial charge in [-0.2, -0.15) is 0 Å². The fourth-order valence-electron chi connectivity index (χ4n) is 2.23. The van der Waals surface area contributed by atoms with E-state index in [0.717, 1.165) is 24.2 Å². The highest BCUT2D eigenvalue weighted by molar-refractivity contribution is 5.79. The van der Waals surface area contributed by atoms with Crippen molar-refractivity contribution in [2.75, 3.05) is 19.7 Å². The molecule has 2 rings (SSSR count). The third-order valence-electron chi connectivity index (χ3n) is 3.41. The maximum atomic E-state index is 12.1. The zero-order chi connectivity index (χ0) is 12.4. The zero-order valence-corrected chi connectivity index (χ0v) is 10.3. The lowest BCUT2D eigenvalue weighted by Gasteiger charge is -2.15. The van der Waals surface area contributed by atoms with Gasteiger partial charge < -0.3 is 14.5 Å². The van der Waals surface area contributed by atoms with Gasteiger partial charge >= 0.3 is 0 Å². The second kappa shape index (κ2) is 4.87. The van der Waals surface area contributed by atoms with Gasteiger partial charge in [-0.05, 0) is 20.3 Å². The molecule has 1 atom stereocenters. The van der Waals surface area contributed by atoms with Crippen LogP contribution in [0, 0.1) is 19.8 Å². The molecule has 0 aliphatic carbocycles. The van der Waals surface area contributed by atoms with Crippen molar-refractivity contribution in [3.05, 3.63) is 17.0 Å². The molecule has 1 aromatic rings. The van der Waals surface area contributed by atoms with Crippen molar-refractivity contribution in [3.63, 3.8) is 0 Å². The van der Waals surface area contributed by atoms with Crippen molar-refractivity contribution < 1.29 is 14.4 Å². The molecule has 5 heteroatoms.